The van der Waals surface area contributed by atoms with Crippen molar-refractivity contribution in [2.75, 3.05) is 0 Å². The Hall–Kier alpha value is -1.45. The van der Waals surface area contributed by atoms with Crippen molar-refractivity contribution in [2.45, 2.75) is 12.2 Å². The molecule has 3 N–H and O–H groups in total. The third kappa shape index (κ3) is 2.84. The van der Waals surface area contributed by atoms with E-state index in [9.17, 15) is 13.2 Å². The van der Waals surface area contributed by atoms with Gasteiger partial charge in [0.05, 0.1) is 23.5 Å². The largest absolute Gasteiger partial charge is 0.417 e. The molecule has 108 valence electrons. The van der Waals surface area contributed by atoms with Crippen molar-refractivity contribution in [3.63, 3.8) is 0 Å². The van der Waals surface area contributed by atoms with E-state index in [1.54, 1.807) is 13.1 Å². The summed E-state index contributed by atoms with van der Waals surface area (Å²) in [4.78, 5) is 0. The Bertz CT molecular complexity index is 610. The first-order valence-corrected chi connectivity index (χ1v) is 6.31. The topological polar surface area (TPSA) is 68.8 Å². The van der Waals surface area contributed by atoms with E-state index in [-0.39, 0.29) is 4.47 Å². The van der Waals surface area contributed by atoms with E-state index in [0.717, 1.165) is 6.07 Å². The first-order valence-electron chi connectivity index (χ1n) is 5.52. The van der Waals surface area contributed by atoms with Crippen LogP contribution in [0.4, 0.5) is 13.2 Å². The molecule has 5 nitrogen and oxygen atoms in total. The first-order chi connectivity index (χ1) is 9.34. The molecule has 1 atom stereocenters. The molecule has 0 radical (unpaired) electrons. The Morgan fingerprint density at radius 3 is 2.60 bits per heavy atom. The van der Waals surface area contributed by atoms with Crippen LogP contribution in [-0.4, -0.2) is 15.0 Å². The number of hydrazine groups is 1. The second-order valence-electron chi connectivity index (χ2n) is 4.12. The van der Waals surface area contributed by atoms with Crippen molar-refractivity contribution in [3.8, 4) is 0 Å². The van der Waals surface area contributed by atoms with E-state index in [1.165, 1.54) is 16.9 Å². The van der Waals surface area contributed by atoms with Gasteiger partial charge in [-0.05, 0) is 17.7 Å². The zero-order valence-corrected chi connectivity index (χ0v) is 11.9. The van der Waals surface area contributed by atoms with Gasteiger partial charge in [0.15, 0.2) is 0 Å². The molecule has 0 amide bonds. The number of hydrogen-bond acceptors (Lipinski definition) is 4. The molecule has 2 rings (SSSR count). The lowest BCUT2D eigenvalue weighted by Crippen LogP contribution is -2.30. The van der Waals surface area contributed by atoms with Gasteiger partial charge in [0.1, 0.15) is 0 Å². The van der Waals surface area contributed by atoms with Crippen molar-refractivity contribution in [1.82, 2.24) is 20.4 Å². The number of aromatic nitrogens is 3. The normalized spacial score (nSPS) is 13.5. The average molecular weight is 350 g/mol. The fourth-order valence-electron chi connectivity index (χ4n) is 1.85. The molecule has 9 heteroatoms. The number of benzene rings is 1. The van der Waals surface area contributed by atoms with E-state index >= 15 is 0 Å². The molecule has 0 fully saturated rings. The van der Waals surface area contributed by atoms with Crippen LogP contribution in [-0.2, 0) is 13.2 Å². The maximum absolute atomic E-state index is 12.9. The summed E-state index contributed by atoms with van der Waals surface area (Å²) in [6.07, 6.45) is -3.00. The predicted molar refractivity (Wildman–Crippen MR) is 69.3 cm³/mol. The second-order valence-corrected chi connectivity index (χ2v) is 4.97. The number of rotatable bonds is 3. The van der Waals surface area contributed by atoms with Crippen LogP contribution in [0.2, 0.25) is 0 Å². The summed E-state index contributed by atoms with van der Waals surface area (Å²) >= 11 is 2.90. The predicted octanol–water partition coefficient (Wildman–Crippen LogP) is 2.15. The molecule has 1 unspecified atom stereocenters. The van der Waals surface area contributed by atoms with Crippen molar-refractivity contribution in [2.24, 2.45) is 12.9 Å². The van der Waals surface area contributed by atoms with Crippen LogP contribution in [0.5, 0.6) is 0 Å². The second kappa shape index (κ2) is 5.51. The molecule has 0 aliphatic carbocycles. The van der Waals surface area contributed by atoms with Crippen LogP contribution in [0, 0.1) is 0 Å². The standard InChI is InChI=1S/C11H11BrF3N5/c1-20-9(5-17-19-20)10(18-16)6-2-3-8(12)7(4-6)11(13,14)15/h2-5,10,18H,16H2,1H3. The molecule has 0 aliphatic rings. The Balaban J connectivity index is 2.49. The van der Waals surface area contributed by atoms with Crippen LogP contribution >= 0.6 is 15.9 Å². The molecule has 1 heterocycles. The summed E-state index contributed by atoms with van der Waals surface area (Å²) in [5.74, 6) is 5.45. The van der Waals surface area contributed by atoms with Crippen LogP contribution < -0.4 is 11.3 Å². The molecule has 20 heavy (non-hydrogen) atoms. The lowest BCUT2D eigenvalue weighted by molar-refractivity contribution is -0.138. The Labute approximate surface area is 121 Å². The SMILES string of the molecule is Cn1nncc1C(NN)c1ccc(Br)c(C(F)(F)F)c1. The molecule has 0 saturated carbocycles. The van der Waals surface area contributed by atoms with E-state index in [0.29, 0.717) is 11.3 Å². The smallest absolute Gasteiger partial charge is 0.271 e. The molecule has 0 bridgehead atoms. The summed E-state index contributed by atoms with van der Waals surface area (Å²) in [6.45, 7) is 0. The number of nitrogens with zero attached hydrogens (tertiary/aromatic N) is 3. The van der Waals surface area contributed by atoms with Crippen molar-refractivity contribution in [3.05, 3.63) is 45.7 Å². The van der Waals surface area contributed by atoms with Gasteiger partial charge in [-0.15, -0.1) is 5.10 Å². The van der Waals surface area contributed by atoms with Gasteiger partial charge in [-0.2, -0.15) is 13.2 Å². The molecule has 1 aromatic carbocycles. The van der Waals surface area contributed by atoms with Crippen molar-refractivity contribution >= 4 is 15.9 Å². The Kier molecular flexibility index (Phi) is 4.11. The highest BCUT2D eigenvalue weighted by molar-refractivity contribution is 9.10. The third-order valence-corrected chi connectivity index (χ3v) is 3.53. The highest BCUT2D eigenvalue weighted by Gasteiger charge is 2.34. The van der Waals surface area contributed by atoms with E-state index in [2.05, 4.69) is 31.7 Å². The zero-order chi connectivity index (χ0) is 14.9. The molecular formula is C11H11BrF3N5. The molecule has 0 aliphatic heterocycles. The summed E-state index contributed by atoms with van der Waals surface area (Å²) < 4.78 is 40.1. The number of halogens is 4. The number of alkyl halides is 3. The van der Waals surface area contributed by atoms with Crippen LogP contribution in [0.25, 0.3) is 0 Å². The quantitative estimate of drug-likeness (QED) is 0.658. The van der Waals surface area contributed by atoms with Gasteiger partial charge < -0.3 is 0 Å². The van der Waals surface area contributed by atoms with E-state index in [4.69, 9.17) is 5.84 Å². The number of hydrogen-bond donors (Lipinski definition) is 2. The van der Waals surface area contributed by atoms with Crippen LogP contribution in [0.15, 0.2) is 28.9 Å². The first kappa shape index (κ1) is 14.9. The van der Waals surface area contributed by atoms with Gasteiger partial charge in [0, 0.05) is 11.5 Å². The lowest BCUT2D eigenvalue weighted by Gasteiger charge is -2.18. The van der Waals surface area contributed by atoms with Gasteiger partial charge in [-0.1, -0.05) is 27.2 Å². The van der Waals surface area contributed by atoms with E-state index < -0.39 is 17.8 Å². The highest BCUT2D eigenvalue weighted by atomic mass is 79.9. The van der Waals surface area contributed by atoms with Gasteiger partial charge >= 0.3 is 6.18 Å². The summed E-state index contributed by atoms with van der Waals surface area (Å²) in [6, 6.07) is 3.30. The Morgan fingerprint density at radius 2 is 2.10 bits per heavy atom. The summed E-state index contributed by atoms with van der Waals surface area (Å²) in [5.41, 5.74) is 2.64. The third-order valence-electron chi connectivity index (χ3n) is 2.84. The average Bonchev–Trinajstić information content (AvgIpc) is 2.77. The fourth-order valence-corrected chi connectivity index (χ4v) is 2.32. The Morgan fingerprint density at radius 1 is 1.40 bits per heavy atom. The minimum atomic E-state index is -4.45. The molecular weight excluding hydrogens is 339 g/mol. The zero-order valence-electron chi connectivity index (χ0n) is 10.3. The van der Waals surface area contributed by atoms with Crippen LogP contribution in [0.3, 0.4) is 0 Å². The van der Waals surface area contributed by atoms with Crippen LogP contribution in [0.1, 0.15) is 22.9 Å². The molecule has 2 aromatic rings. The van der Waals surface area contributed by atoms with Gasteiger partial charge in [0.25, 0.3) is 0 Å². The molecule has 0 saturated heterocycles. The highest BCUT2D eigenvalue weighted by Crippen LogP contribution is 2.36. The number of aryl methyl sites for hydroxylation is 1. The molecule has 0 spiro atoms. The summed E-state index contributed by atoms with van der Waals surface area (Å²) in [5, 5.41) is 7.43. The molecule has 1 aromatic heterocycles. The van der Waals surface area contributed by atoms with E-state index in [1.807, 2.05) is 0 Å². The van der Waals surface area contributed by atoms with Gasteiger partial charge in [0.2, 0.25) is 0 Å². The maximum atomic E-state index is 12.9. The number of nitrogens with two attached hydrogens (primary N) is 1. The van der Waals surface area contributed by atoms with Gasteiger partial charge in [-0.25, -0.2) is 5.43 Å². The minimum absolute atomic E-state index is 0.0207. The fraction of sp³-hybridized carbons (Fsp3) is 0.273. The van der Waals surface area contributed by atoms with Gasteiger partial charge in [-0.3, -0.25) is 10.5 Å². The lowest BCUT2D eigenvalue weighted by atomic mass is 10.0. The monoisotopic (exact) mass is 349 g/mol. The number of nitrogens with one attached hydrogen (secondary N) is 1. The minimum Gasteiger partial charge on any atom is -0.271 e. The van der Waals surface area contributed by atoms with Crippen molar-refractivity contribution < 1.29 is 13.2 Å². The van der Waals surface area contributed by atoms with Crippen molar-refractivity contribution in [1.29, 1.82) is 0 Å². The summed E-state index contributed by atoms with van der Waals surface area (Å²) in [7, 11) is 1.64. The maximum Gasteiger partial charge on any atom is 0.417 e.